The molecule has 0 atom stereocenters. The molecule has 1 aromatic rings. The van der Waals surface area contributed by atoms with E-state index >= 15 is 17.6 Å². The summed E-state index contributed by atoms with van der Waals surface area (Å²) in [5, 5.41) is 19.1. The molecule has 0 saturated heterocycles. The lowest BCUT2D eigenvalue weighted by Crippen LogP contribution is -2.74. The number of anilines is 1. The Bertz CT molecular complexity index is 1880. The first kappa shape index (κ1) is 57.3. The third-order valence-corrected chi connectivity index (χ3v) is 7.91. The molecule has 0 unspecified atom stereocenters. The molecule has 39 heteroatoms. The highest BCUT2D eigenvalue weighted by atomic mass is 19.4. The summed E-state index contributed by atoms with van der Waals surface area (Å²) in [6.45, 7) is -0.209. The van der Waals surface area contributed by atoms with Crippen molar-refractivity contribution in [2.24, 2.45) is 0 Å². The van der Waals surface area contributed by atoms with E-state index < -0.39 is 143 Å². The van der Waals surface area contributed by atoms with Crippen molar-refractivity contribution in [1.82, 2.24) is 0 Å². The zero-order valence-electron chi connectivity index (χ0n) is 27.9. The van der Waals surface area contributed by atoms with Gasteiger partial charge in [0.15, 0.2) is 0 Å². The zero-order valence-corrected chi connectivity index (χ0v) is 27.9. The van der Waals surface area contributed by atoms with Crippen LogP contribution >= 0.6 is 0 Å². The average Bonchev–Trinajstić information content (AvgIpc) is 3.05. The molecule has 0 spiro atoms. The average molecular weight is 1020 g/mol. The maximum absolute atomic E-state index is 15.4. The van der Waals surface area contributed by atoms with Crippen LogP contribution in [0, 0.1) is 0 Å². The molecule has 0 radical (unpaired) electrons. The predicted octanol–water partition coefficient (Wildman–Crippen LogP) is 10.3. The van der Waals surface area contributed by atoms with Crippen LogP contribution < -0.4 is 10.8 Å². The lowest BCUT2D eigenvalue weighted by atomic mass is 9.68. The van der Waals surface area contributed by atoms with Crippen LogP contribution in [0.4, 0.5) is 155 Å². The molecular formula is C24H8BF34NO3. The van der Waals surface area contributed by atoms with E-state index in [4.69, 9.17) is 0 Å². The minimum Gasteiger partial charge on any atom is -0.423 e. The number of halogens is 34. The van der Waals surface area contributed by atoms with Gasteiger partial charge in [-0.25, -0.2) is 0 Å². The molecule has 4 nitrogen and oxygen atoms in total. The van der Waals surface area contributed by atoms with Gasteiger partial charge in [0.2, 0.25) is 5.91 Å². The summed E-state index contributed by atoms with van der Waals surface area (Å²) in [6, 6.07) is -3.09. The van der Waals surface area contributed by atoms with Crippen molar-refractivity contribution in [2.45, 2.75) is 102 Å². The Kier molecular flexibility index (Phi) is 13.6. The van der Waals surface area contributed by atoms with Crippen LogP contribution in [0.3, 0.4) is 0 Å². The molecule has 0 fully saturated rings. The Hall–Kier alpha value is -3.71. The van der Waals surface area contributed by atoms with Crippen molar-refractivity contribution in [3.63, 3.8) is 0 Å². The van der Waals surface area contributed by atoms with Crippen LogP contribution in [0.25, 0.3) is 0 Å². The fourth-order valence-corrected chi connectivity index (χ4v) is 4.45. The standard InChI is InChI=1S/C24H8BF34NO3/c1-4(61)60-6-3-2-5(9(26,27)11(30,31)13(34,35)15(38,39)17(42,43)19(46,47)21(50,51)23(54,55)56)8(25(62)63)7(6)10(28,29)12(32,33)14(36,37)16(40,41)18(44,45)20(48,49)22(52,53)24(57,58)59/h2-3,62-63H,1H3,(H,60,61). The zero-order chi connectivity index (χ0) is 51.6. The number of hydrogen-bond donors (Lipinski definition) is 3. The minimum absolute atomic E-state index is 0.209. The Morgan fingerprint density at radius 2 is 0.635 bits per heavy atom. The summed E-state index contributed by atoms with van der Waals surface area (Å²) in [5.74, 6) is -131. The fraction of sp³-hybridized carbons (Fsp3) is 0.708. The highest BCUT2D eigenvalue weighted by Crippen LogP contribution is 2.68. The molecule has 0 aromatic heterocycles. The van der Waals surface area contributed by atoms with Crippen molar-refractivity contribution in [2.75, 3.05) is 5.32 Å². The minimum atomic E-state index is -9.59. The maximum atomic E-state index is 15.4. The molecule has 0 bridgehead atoms. The van der Waals surface area contributed by atoms with E-state index in [9.17, 15) is 147 Å². The second-order valence-electron chi connectivity index (χ2n) is 12.0. The highest BCUT2D eigenvalue weighted by molar-refractivity contribution is 6.60. The lowest BCUT2D eigenvalue weighted by molar-refractivity contribution is -0.463. The van der Waals surface area contributed by atoms with E-state index in [2.05, 4.69) is 0 Å². The van der Waals surface area contributed by atoms with Gasteiger partial charge < -0.3 is 15.4 Å². The van der Waals surface area contributed by atoms with Crippen molar-refractivity contribution < 1.29 is 164 Å². The predicted molar refractivity (Wildman–Crippen MR) is 130 cm³/mol. The monoisotopic (exact) mass is 1020 g/mol. The summed E-state index contributed by atoms with van der Waals surface area (Å²) < 4.78 is 471. The number of amides is 1. The summed E-state index contributed by atoms with van der Waals surface area (Å²) in [6.07, 6.45) is -16.6. The molecule has 0 aliphatic heterocycles. The third-order valence-electron chi connectivity index (χ3n) is 7.91. The van der Waals surface area contributed by atoms with Gasteiger partial charge in [0.25, 0.3) is 0 Å². The van der Waals surface area contributed by atoms with Gasteiger partial charge in [0, 0.05) is 23.6 Å². The second kappa shape index (κ2) is 14.9. The van der Waals surface area contributed by atoms with Gasteiger partial charge in [-0.1, -0.05) is 6.07 Å². The van der Waals surface area contributed by atoms with Crippen LogP contribution in [-0.2, 0) is 16.6 Å². The normalized spacial score (nSPS) is 16.1. The van der Waals surface area contributed by atoms with Crippen LogP contribution in [0.2, 0.25) is 0 Å². The van der Waals surface area contributed by atoms with Crippen LogP contribution in [0.1, 0.15) is 18.1 Å². The number of alkyl halides is 34. The fourth-order valence-electron chi connectivity index (χ4n) is 4.45. The van der Waals surface area contributed by atoms with E-state index in [0.717, 1.165) is 0 Å². The molecule has 0 aliphatic carbocycles. The number of nitrogens with one attached hydrogen (secondary N) is 1. The van der Waals surface area contributed by atoms with Crippen molar-refractivity contribution >= 4 is 24.2 Å². The van der Waals surface area contributed by atoms with Gasteiger partial charge in [-0.15, -0.1) is 0 Å². The van der Waals surface area contributed by atoms with Gasteiger partial charge in [-0.2, -0.15) is 149 Å². The van der Waals surface area contributed by atoms with Crippen molar-refractivity contribution in [3.05, 3.63) is 23.3 Å². The van der Waals surface area contributed by atoms with Crippen LogP contribution in [-0.4, -0.2) is 106 Å². The molecule has 1 aromatic carbocycles. The Balaban J connectivity index is 4.57. The number of carbonyl (C=O) groups excluding carboxylic acids is 1. The molecule has 63 heavy (non-hydrogen) atoms. The molecule has 1 rings (SSSR count). The van der Waals surface area contributed by atoms with Gasteiger partial charge >= 0.3 is 102 Å². The quantitative estimate of drug-likeness (QED) is 0.114. The maximum Gasteiger partial charge on any atom is 0.489 e. The lowest BCUT2D eigenvalue weighted by Gasteiger charge is -2.44. The van der Waals surface area contributed by atoms with E-state index in [1.807, 2.05) is 0 Å². The molecule has 0 heterocycles. The van der Waals surface area contributed by atoms with Crippen LogP contribution in [0.5, 0.6) is 0 Å². The van der Waals surface area contributed by atoms with Crippen molar-refractivity contribution in [1.29, 1.82) is 0 Å². The van der Waals surface area contributed by atoms with E-state index in [-0.39, 0.29) is 6.92 Å². The Morgan fingerprint density at radius 3 is 0.873 bits per heavy atom. The number of benzene rings is 1. The number of carbonyl (C=O) groups is 1. The first-order chi connectivity index (χ1) is 26.9. The molecular weight excluding hydrogens is 1010 g/mol. The number of hydrogen-bond acceptors (Lipinski definition) is 3. The third kappa shape index (κ3) is 7.28. The van der Waals surface area contributed by atoms with Gasteiger partial charge in [0.1, 0.15) is 0 Å². The molecule has 368 valence electrons. The summed E-state index contributed by atoms with van der Waals surface area (Å²) >= 11 is 0. The smallest absolute Gasteiger partial charge is 0.423 e. The summed E-state index contributed by atoms with van der Waals surface area (Å²) in [5.41, 5.74) is -16.5. The van der Waals surface area contributed by atoms with E-state index in [1.54, 1.807) is 0 Å². The van der Waals surface area contributed by atoms with E-state index in [1.165, 1.54) is 0 Å². The van der Waals surface area contributed by atoms with Crippen molar-refractivity contribution in [3.8, 4) is 0 Å². The second-order valence-corrected chi connectivity index (χ2v) is 12.0. The first-order valence-electron chi connectivity index (χ1n) is 14.1. The Morgan fingerprint density at radius 1 is 0.397 bits per heavy atom. The highest BCUT2D eigenvalue weighted by Gasteiger charge is 2.97. The van der Waals surface area contributed by atoms with Gasteiger partial charge in [0.05, 0.1) is 5.56 Å². The van der Waals surface area contributed by atoms with Gasteiger partial charge in [-0.3, -0.25) is 4.79 Å². The SMILES string of the molecule is CC(=O)Nc1ccc(C(F)(F)C(F)(F)C(F)(F)C(F)(F)C(F)(F)C(F)(F)C(F)(F)C(F)(F)F)c(B(O)O)c1C(F)(F)C(F)(F)C(F)(F)C(F)(F)C(F)(F)C(F)(F)C(F)(F)C(F)(F)F. The van der Waals surface area contributed by atoms with E-state index in [0.29, 0.717) is 5.32 Å². The molecule has 0 saturated carbocycles. The summed E-state index contributed by atoms with van der Waals surface area (Å²) in [4.78, 5) is 11.4. The Labute approximate surface area is 320 Å². The molecule has 1 amide bonds. The molecule has 3 N–H and O–H groups in total. The topological polar surface area (TPSA) is 69.6 Å². The summed E-state index contributed by atoms with van der Waals surface area (Å²) in [7, 11) is -5.26. The van der Waals surface area contributed by atoms with Gasteiger partial charge in [-0.05, 0) is 6.07 Å². The molecule has 0 aliphatic rings. The van der Waals surface area contributed by atoms with Crippen LogP contribution in [0.15, 0.2) is 12.1 Å². The largest absolute Gasteiger partial charge is 0.489 e. The first-order valence-corrected chi connectivity index (χ1v) is 14.1. The number of rotatable bonds is 16.